The molecule has 1 N–H and O–H groups in total. The quantitative estimate of drug-likeness (QED) is 0.607. The Bertz CT molecular complexity index is 1150. The zero-order valence-corrected chi connectivity index (χ0v) is 18.5. The molecule has 2 aromatic carbocycles. The number of hydrogen-bond donors (Lipinski definition) is 1. The zero-order chi connectivity index (χ0) is 24.3. The number of hydrogen-bond acceptors (Lipinski definition) is 4. The van der Waals surface area contributed by atoms with Crippen LogP contribution >= 0.6 is 0 Å². The number of benzene rings is 2. The first-order valence-corrected chi connectivity index (χ1v) is 10.8. The van der Waals surface area contributed by atoms with Crippen LogP contribution in [-0.2, 0) is 6.18 Å². The molecule has 0 radical (unpaired) electrons. The van der Waals surface area contributed by atoms with Crippen molar-refractivity contribution in [1.29, 1.82) is 0 Å². The first kappa shape index (κ1) is 23.3. The van der Waals surface area contributed by atoms with Crippen LogP contribution in [0.4, 0.5) is 24.7 Å². The summed E-state index contributed by atoms with van der Waals surface area (Å²) >= 11 is 0. The van der Waals surface area contributed by atoms with Crippen molar-refractivity contribution in [3.63, 3.8) is 0 Å². The molecule has 0 saturated carbocycles. The summed E-state index contributed by atoms with van der Waals surface area (Å²) in [6, 6.07) is 15.0. The summed E-state index contributed by atoms with van der Waals surface area (Å²) in [5, 5.41) is 2.64. The second-order valence-electron chi connectivity index (χ2n) is 8.08. The van der Waals surface area contributed by atoms with Crippen LogP contribution < -0.4 is 10.2 Å². The average molecular weight is 468 g/mol. The summed E-state index contributed by atoms with van der Waals surface area (Å²) in [4.78, 5) is 33.3. The molecule has 9 heteroatoms. The van der Waals surface area contributed by atoms with E-state index in [1.807, 2.05) is 36.1 Å². The number of aryl methyl sites for hydroxylation is 1. The topological polar surface area (TPSA) is 65.5 Å². The fourth-order valence-electron chi connectivity index (χ4n) is 3.68. The number of aromatic nitrogens is 1. The molecule has 1 aliphatic heterocycles. The number of carbonyl (C=O) groups excluding carboxylic acids is 2. The van der Waals surface area contributed by atoms with Crippen molar-refractivity contribution in [3.8, 4) is 0 Å². The molecule has 1 fully saturated rings. The molecule has 0 atom stereocenters. The number of nitrogens with one attached hydrogen (secondary N) is 1. The predicted molar refractivity (Wildman–Crippen MR) is 123 cm³/mol. The smallest absolute Gasteiger partial charge is 0.353 e. The second kappa shape index (κ2) is 9.54. The van der Waals surface area contributed by atoms with E-state index in [0.29, 0.717) is 37.4 Å². The van der Waals surface area contributed by atoms with Crippen molar-refractivity contribution in [3.05, 3.63) is 89.1 Å². The number of halogens is 3. The van der Waals surface area contributed by atoms with E-state index >= 15 is 0 Å². The highest BCUT2D eigenvalue weighted by Gasteiger charge is 2.30. The summed E-state index contributed by atoms with van der Waals surface area (Å²) in [5.41, 5.74) is 1.51. The highest BCUT2D eigenvalue weighted by molar-refractivity contribution is 6.04. The molecule has 0 aliphatic carbocycles. The highest BCUT2D eigenvalue weighted by atomic mass is 19.4. The molecule has 6 nitrogen and oxygen atoms in total. The molecule has 2 amide bonds. The third-order valence-electron chi connectivity index (χ3n) is 5.67. The third-order valence-corrected chi connectivity index (χ3v) is 5.67. The number of nitrogens with zero attached hydrogens (tertiary/aromatic N) is 3. The highest BCUT2D eigenvalue weighted by Crippen LogP contribution is 2.29. The van der Waals surface area contributed by atoms with E-state index < -0.39 is 17.6 Å². The maximum absolute atomic E-state index is 12.7. The minimum absolute atomic E-state index is 0.00827. The Labute approximate surface area is 195 Å². The summed E-state index contributed by atoms with van der Waals surface area (Å²) in [6.07, 6.45) is -2.95. The van der Waals surface area contributed by atoms with Crippen LogP contribution in [0.3, 0.4) is 0 Å². The van der Waals surface area contributed by atoms with Gasteiger partial charge in [0.15, 0.2) is 0 Å². The number of carbonyl (C=O) groups is 2. The van der Waals surface area contributed by atoms with E-state index in [4.69, 9.17) is 0 Å². The van der Waals surface area contributed by atoms with Crippen molar-refractivity contribution in [2.75, 3.05) is 36.4 Å². The molecular formula is C25H23F3N4O2. The number of alkyl halides is 3. The predicted octanol–water partition coefficient (Wildman–Crippen LogP) is 4.62. The molecule has 4 rings (SSSR count). The molecule has 1 aliphatic rings. The van der Waals surface area contributed by atoms with E-state index in [0.717, 1.165) is 35.6 Å². The van der Waals surface area contributed by atoms with Gasteiger partial charge < -0.3 is 15.1 Å². The lowest BCUT2D eigenvalue weighted by Gasteiger charge is -2.35. The van der Waals surface area contributed by atoms with Gasteiger partial charge in [-0.15, -0.1) is 0 Å². The Hall–Kier alpha value is -3.88. The molecule has 3 aromatic rings. The molecule has 2 heterocycles. The van der Waals surface area contributed by atoms with Crippen LogP contribution in [0, 0.1) is 6.92 Å². The van der Waals surface area contributed by atoms with Gasteiger partial charge in [-0.05, 0) is 55.5 Å². The fraction of sp³-hybridized carbons (Fsp3) is 0.240. The molecule has 0 spiro atoms. The number of pyridine rings is 1. The molecule has 176 valence electrons. The van der Waals surface area contributed by atoms with Crippen molar-refractivity contribution >= 4 is 23.3 Å². The SMILES string of the molecule is Cc1ccc(C(=O)N2CCN(c3ccc(NC(=O)c4ccc(C(F)(F)F)cc4)cn3)CC2)cc1. The van der Waals surface area contributed by atoms with Gasteiger partial charge in [0, 0.05) is 37.3 Å². The van der Waals surface area contributed by atoms with E-state index in [2.05, 4.69) is 15.2 Å². The Kier molecular flexibility index (Phi) is 6.54. The lowest BCUT2D eigenvalue weighted by Crippen LogP contribution is -2.49. The number of rotatable bonds is 4. The minimum atomic E-state index is -4.45. The first-order chi connectivity index (χ1) is 16.2. The van der Waals surface area contributed by atoms with E-state index in [9.17, 15) is 22.8 Å². The normalized spacial score (nSPS) is 14.1. The van der Waals surface area contributed by atoms with Gasteiger partial charge in [0.2, 0.25) is 0 Å². The molecule has 1 aromatic heterocycles. The van der Waals surface area contributed by atoms with Gasteiger partial charge in [0.25, 0.3) is 11.8 Å². The zero-order valence-electron chi connectivity index (χ0n) is 18.5. The third kappa shape index (κ3) is 5.36. The Morgan fingerprint density at radius 1 is 0.853 bits per heavy atom. The van der Waals surface area contributed by atoms with Gasteiger partial charge in [0.1, 0.15) is 5.82 Å². The average Bonchev–Trinajstić information content (AvgIpc) is 2.84. The van der Waals surface area contributed by atoms with Crippen molar-refractivity contribution < 1.29 is 22.8 Å². The maximum atomic E-state index is 12.7. The van der Waals surface area contributed by atoms with Crippen molar-refractivity contribution in [2.24, 2.45) is 0 Å². The minimum Gasteiger partial charge on any atom is -0.353 e. The lowest BCUT2D eigenvalue weighted by molar-refractivity contribution is -0.137. The first-order valence-electron chi connectivity index (χ1n) is 10.8. The van der Waals surface area contributed by atoms with Gasteiger partial charge in [-0.3, -0.25) is 9.59 Å². The molecule has 1 saturated heterocycles. The van der Waals surface area contributed by atoms with Crippen molar-refractivity contribution in [2.45, 2.75) is 13.1 Å². The summed E-state index contributed by atoms with van der Waals surface area (Å²) in [7, 11) is 0. The number of piperazine rings is 1. The van der Waals surface area contributed by atoms with E-state index in [-0.39, 0.29) is 11.5 Å². The Morgan fingerprint density at radius 2 is 1.47 bits per heavy atom. The van der Waals surface area contributed by atoms with Crippen LogP contribution in [0.5, 0.6) is 0 Å². The van der Waals surface area contributed by atoms with Gasteiger partial charge in [-0.1, -0.05) is 17.7 Å². The van der Waals surface area contributed by atoms with Crippen LogP contribution in [0.25, 0.3) is 0 Å². The van der Waals surface area contributed by atoms with Crippen LogP contribution in [0.2, 0.25) is 0 Å². The number of anilines is 2. The van der Waals surface area contributed by atoms with Crippen LogP contribution in [0.15, 0.2) is 66.9 Å². The largest absolute Gasteiger partial charge is 0.416 e. The van der Waals surface area contributed by atoms with E-state index in [1.54, 1.807) is 12.1 Å². The monoisotopic (exact) mass is 468 g/mol. The summed E-state index contributed by atoms with van der Waals surface area (Å²) in [6.45, 7) is 4.37. The Morgan fingerprint density at radius 3 is 2.03 bits per heavy atom. The van der Waals surface area contributed by atoms with E-state index in [1.165, 1.54) is 6.20 Å². The van der Waals surface area contributed by atoms with Crippen LogP contribution in [-0.4, -0.2) is 47.9 Å². The molecule has 0 unspecified atom stereocenters. The summed E-state index contributed by atoms with van der Waals surface area (Å²) in [5.74, 6) is 0.204. The van der Waals surface area contributed by atoms with Gasteiger partial charge in [-0.25, -0.2) is 4.98 Å². The second-order valence-corrected chi connectivity index (χ2v) is 8.08. The van der Waals surface area contributed by atoms with Crippen LogP contribution in [0.1, 0.15) is 31.8 Å². The number of amides is 2. The van der Waals surface area contributed by atoms with Gasteiger partial charge in [-0.2, -0.15) is 13.2 Å². The van der Waals surface area contributed by atoms with Gasteiger partial charge >= 0.3 is 6.18 Å². The molecular weight excluding hydrogens is 445 g/mol. The fourth-order valence-corrected chi connectivity index (χ4v) is 3.68. The maximum Gasteiger partial charge on any atom is 0.416 e. The summed E-state index contributed by atoms with van der Waals surface area (Å²) < 4.78 is 38.0. The molecule has 34 heavy (non-hydrogen) atoms. The standard InChI is InChI=1S/C25H23F3N4O2/c1-17-2-4-19(5-3-17)24(34)32-14-12-31(13-15-32)22-11-10-21(16-29-22)30-23(33)18-6-8-20(9-7-18)25(26,27)28/h2-11,16H,12-15H2,1H3,(H,30,33). The lowest BCUT2D eigenvalue weighted by atomic mass is 10.1. The van der Waals surface area contributed by atoms with Crippen molar-refractivity contribution in [1.82, 2.24) is 9.88 Å². The molecule has 0 bridgehead atoms. The van der Waals surface area contributed by atoms with Gasteiger partial charge in [0.05, 0.1) is 17.4 Å². The Balaban J connectivity index is 1.32.